The lowest BCUT2D eigenvalue weighted by molar-refractivity contribution is 0.0978. The second kappa shape index (κ2) is 8.14. The van der Waals surface area contributed by atoms with Gasteiger partial charge in [0.25, 0.3) is 5.91 Å². The summed E-state index contributed by atoms with van der Waals surface area (Å²) in [5, 5.41) is 15.1. The van der Waals surface area contributed by atoms with Gasteiger partial charge in [0.05, 0.1) is 10.6 Å². The molecule has 26 heavy (non-hydrogen) atoms. The highest BCUT2D eigenvalue weighted by Gasteiger charge is 2.11. The second-order valence-electron chi connectivity index (χ2n) is 5.39. The number of thiocarbonyl (C=S) groups is 1. The zero-order valence-electron chi connectivity index (χ0n) is 13.5. The maximum atomic E-state index is 12.2. The van der Waals surface area contributed by atoms with Gasteiger partial charge in [-0.05, 0) is 60.7 Å². The van der Waals surface area contributed by atoms with E-state index in [-0.39, 0.29) is 17.6 Å². The van der Waals surface area contributed by atoms with E-state index in [1.54, 1.807) is 36.4 Å². The fourth-order valence-electron chi connectivity index (χ4n) is 2.31. The number of rotatable bonds is 4. The summed E-state index contributed by atoms with van der Waals surface area (Å²) >= 11 is 11.2. The molecule has 0 atom stereocenters. The van der Waals surface area contributed by atoms with Gasteiger partial charge in [0.1, 0.15) is 18.1 Å². The van der Waals surface area contributed by atoms with Gasteiger partial charge in [-0.1, -0.05) is 23.7 Å². The fourth-order valence-corrected chi connectivity index (χ4v) is 2.75. The predicted molar refractivity (Wildman–Crippen MR) is 105 cm³/mol. The molecule has 0 spiro atoms. The summed E-state index contributed by atoms with van der Waals surface area (Å²) in [6.45, 7) is -0.140. The van der Waals surface area contributed by atoms with Gasteiger partial charge >= 0.3 is 0 Å². The number of carbonyl (C=O) groups is 1. The van der Waals surface area contributed by atoms with Crippen molar-refractivity contribution in [3.05, 3.63) is 77.0 Å². The van der Waals surface area contributed by atoms with E-state index >= 15 is 0 Å². The Kier molecular flexibility index (Phi) is 5.68. The van der Waals surface area contributed by atoms with Crippen molar-refractivity contribution in [1.82, 2.24) is 5.32 Å². The number of carbonyl (C=O) groups excluding carboxylic acids is 1. The SMILES string of the molecule is O=C(NC(=S)Nc1ccc(-c2ccc(CO)o2)cc1)c1ccccc1Cl. The van der Waals surface area contributed by atoms with E-state index in [0.29, 0.717) is 27.8 Å². The maximum absolute atomic E-state index is 12.2. The third-order valence-corrected chi connectivity index (χ3v) is 4.12. The smallest absolute Gasteiger partial charge is 0.258 e. The number of aliphatic hydroxyl groups is 1. The molecule has 2 aromatic carbocycles. The van der Waals surface area contributed by atoms with Gasteiger partial charge in [0, 0.05) is 11.3 Å². The molecule has 0 aliphatic heterocycles. The molecule has 0 fully saturated rings. The van der Waals surface area contributed by atoms with Crippen molar-refractivity contribution in [3.8, 4) is 11.3 Å². The highest BCUT2D eigenvalue weighted by atomic mass is 35.5. The van der Waals surface area contributed by atoms with Crippen LogP contribution >= 0.6 is 23.8 Å². The quantitative estimate of drug-likeness (QED) is 0.585. The Morgan fingerprint density at radius 1 is 1.08 bits per heavy atom. The molecular formula is C19H15ClN2O3S. The summed E-state index contributed by atoms with van der Waals surface area (Å²) in [5.41, 5.74) is 1.93. The first kappa shape index (κ1) is 18.1. The molecule has 5 nitrogen and oxygen atoms in total. The number of benzene rings is 2. The number of halogens is 1. The first-order chi connectivity index (χ1) is 12.6. The van der Waals surface area contributed by atoms with Crippen LogP contribution in [0.4, 0.5) is 5.69 Å². The fraction of sp³-hybridized carbons (Fsp3) is 0.0526. The van der Waals surface area contributed by atoms with Crippen LogP contribution in [0, 0.1) is 0 Å². The van der Waals surface area contributed by atoms with Crippen molar-refractivity contribution in [2.24, 2.45) is 0 Å². The highest BCUT2D eigenvalue weighted by Crippen LogP contribution is 2.24. The number of furan rings is 1. The molecule has 0 saturated carbocycles. The standard InChI is InChI=1S/C19H15ClN2O3S/c20-16-4-2-1-3-15(16)18(24)22-19(26)21-13-7-5-12(6-8-13)17-10-9-14(11-23)25-17/h1-10,23H,11H2,(H2,21,22,24,26). The second-order valence-corrected chi connectivity index (χ2v) is 6.20. The van der Waals surface area contributed by atoms with E-state index in [0.717, 1.165) is 5.56 Å². The van der Waals surface area contributed by atoms with Crippen molar-refractivity contribution in [3.63, 3.8) is 0 Å². The Morgan fingerprint density at radius 3 is 2.46 bits per heavy atom. The van der Waals surface area contributed by atoms with Gasteiger partial charge in [-0.2, -0.15) is 0 Å². The normalized spacial score (nSPS) is 10.4. The molecule has 3 N–H and O–H groups in total. The topological polar surface area (TPSA) is 74.5 Å². The van der Waals surface area contributed by atoms with E-state index in [1.807, 2.05) is 24.3 Å². The van der Waals surface area contributed by atoms with E-state index in [4.69, 9.17) is 33.3 Å². The molecule has 0 aliphatic rings. The van der Waals surface area contributed by atoms with Crippen LogP contribution in [0.5, 0.6) is 0 Å². The van der Waals surface area contributed by atoms with E-state index < -0.39 is 0 Å². The summed E-state index contributed by atoms with van der Waals surface area (Å²) in [5.74, 6) is 0.790. The van der Waals surface area contributed by atoms with Gasteiger partial charge in [-0.25, -0.2) is 0 Å². The predicted octanol–water partition coefficient (Wildman–Crippen LogP) is 4.22. The average Bonchev–Trinajstić information content (AvgIpc) is 3.11. The lowest BCUT2D eigenvalue weighted by Gasteiger charge is -2.10. The summed E-state index contributed by atoms with van der Waals surface area (Å²) < 4.78 is 5.49. The number of amides is 1. The van der Waals surface area contributed by atoms with Crippen molar-refractivity contribution in [2.45, 2.75) is 6.61 Å². The Bertz CT molecular complexity index is 938. The Balaban J connectivity index is 1.62. The zero-order valence-corrected chi connectivity index (χ0v) is 15.1. The number of nitrogens with one attached hydrogen (secondary N) is 2. The Morgan fingerprint density at radius 2 is 1.81 bits per heavy atom. The number of hydrogen-bond acceptors (Lipinski definition) is 4. The van der Waals surface area contributed by atoms with Gasteiger partial charge in [0.2, 0.25) is 0 Å². The molecular weight excluding hydrogens is 372 g/mol. The summed E-state index contributed by atoms with van der Waals surface area (Å²) in [7, 11) is 0. The number of anilines is 1. The molecule has 7 heteroatoms. The molecule has 0 aliphatic carbocycles. The molecule has 1 heterocycles. The molecule has 3 rings (SSSR count). The first-order valence-corrected chi connectivity index (χ1v) is 8.52. The van der Waals surface area contributed by atoms with Crippen LogP contribution in [0.3, 0.4) is 0 Å². The third kappa shape index (κ3) is 4.29. The van der Waals surface area contributed by atoms with Crippen LogP contribution in [0.15, 0.2) is 65.1 Å². The zero-order chi connectivity index (χ0) is 18.5. The highest BCUT2D eigenvalue weighted by molar-refractivity contribution is 7.80. The summed E-state index contributed by atoms with van der Waals surface area (Å²) in [4.78, 5) is 12.2. The minimum atomic E-state index is -0.378. The Labute approximate surface area is 160 Å². The van der Waals surface area contributed by atoms with Crippen molar-refractivity contribution >= 4 is 40.5 Å². The molecule has 0 saturated heterocycles. The molecule has 1 amide bonds. The number of hydrogen-bond donors (Lipinski definition) is 3. The van der Waals surface area contributed by atoms with E-state index in [9.17, 15) is 4.79 Å². The van der Waals surface area contributed by atoms with Gasteiger partial charge in [-0.3, -0.25) is 10.1 Å². The van der Waals surface area contributed by atoms with E-state index in [2.05, 4.69) is 10.6 Å². The van der Waals surface area contributed by atoms with Gasteiger partial charge < -0.3 is 14.8 Å². The van der Waals surface area contributed by atoms with E-state index in [1.165, 1.54) is 0 Å². The van der Waals surface area contributed by atoms with Crippen molar-refractivity contribution in [1.29, 1.82) is 0 Å². The van der Waals surface area contributed by atoms with Crippen LogP contribution in [-0.4, -0.2) is 16.1 Å². The van der Waals surface area contributed by atoms with Crippen LogP contribution in [-0.2, 0) is 6.61 Å². The molecule has 0 bridgehead atoms. The lowest BCUT2D eigenvalue weighted by Crippen LogP contribution is -2.34. The van der Waals surface area contributed by atoms with Crippen LogP contribution in [0.1, 0.15) is 16.1 Å². The third-order valence-electron chi connectivity index (χ3n) is 3.59. The van der Waals surface area contributed by atoms with Crippen LogP contribution in [0.2, 0.25) is 5.02 Å². The van der Waals surface area contributed by atoms with Crippen molar-refractivity contribution < 1.29 is 14.3 Å². The minimum Gasteiger partial charge on any atom is -0.459 e. The first-order valence-electron chi connectivity index (χ1n) is 7.73. The van der Waals surface area contributed by atoms with Crippen LogP contribution in [0.25, 0.3) is 11.3 Å². The van der Waals surface area contributed by atoms with Gasteiger partial charge in [-0.15, -0.1) is 0 Å². The molecule has 0 unspecified atom stereocenters. The molecule has 0 radical (unpaired) electrons. The largest absolute Gasteiger partial charge is 0.459 e. The minimum absolute atomic E-state index is 0.140. The monoisotopic (exact) mass is 386 g/mol. The van der Waals surface area contributed by atoms with Crippen LogP contribution < -0.4 is 10.6 Å². The maximum Gasteiger partial charge on any atom is 0.258 e. The molecule has 1 aromatic heterocycles. The average molecular weight is 387 g/mol. The van der Waals surface area contributed by atoms with Gasteiger partial charge in [0.15, 0.2) is 5.11 Å². The molecule has 132 valence electrons. The molecule has 3 aromatic rings. The summed E-state index contributed by atoms with van der Waals surface area (Å²) in [6, 6.07) is 17.6. The summed E-state index contributed by atoms with van der Waals surface area (Å²) in [6.07, 6.45) is 0. The number of aliphatic hydroxyl groups excluding tert-OH is 1. The Hall–Kier alpha value is -2.67. The van der Waals surface area contributed by atoms with Crippen molar-refractivity contribution in [2.75, 3.05) is 5.32 Å². The lowest BCUT2D eigenvalue weighted by atomic mass is 10.1.